The fourth-order valence-electron chi connectivity index (χ4n) is 2.86. The minimum Gasteiger partial charge on any atom is -0.347 e. The van der Waals surface area contributed by atoms with Gasteiger partial charge in [-0.1, -0.05) is 0 Å². The number of hydrogen-bond acceptors (Lipinski definition) is 4. The molecule has 6 nitrogen and oxygen atoms in total. The Morgan fingerprint density at radius 3 is 2.95 bits per heavy atom. The summed E-state index contributed by atoms with van der Waals surface area (Å²) in [5.41, 5.74) is 2.11. The van der Waals surface area contributed by atoms with Gasteiger partial charge in [0.1, 0.15) is 0 Å². The van der Waals surface area contributed by atoms with Crippen LogP contribution in [0.25, 0.3) is 0 Å². The van der Waals surface area contributed by atoms with Crippen molar-refractivity contribution in [3.8, 4) is 0 Å². The van der Waals surface area contributed by atoms with Gasteiger partial charge in [-0.25, -0.2) is 4.98 Å². The number of nitrogens with zero attached hydrogens (tertiary/aromatic N) is 3. The van der Waals surface area contributed by atoms with E-state index in [-0.39, 0.29) is 18.0 Å². The van der Waals surface area contributed by atoms with E-state index in [0.717, 1.165) is 24.5 Å². The molecule has 2 atom stereocenters. The molecule has 1 aromatic heterocycles. The number of hydrogen-bond donors (Lipinski definition) is 2. The molecule has 1 amide bonds. The number of likely N-dealkylation sites (N-methyl/N-ethyl adjacent to an activating group) is 2. The summed E-state index contributed by atoms with van der Waals surface area (Å²) in [7, 11) is 4.06. The van der Waals surface area contributed by atoms with Crippen molar-refractivity contribution in [1.29, 1.82) is 0 Å². The Balaban J connectivity index is 2.02. The Morgan fingerprint density at radius 1 is 1.55 bits per heavy atom. The summed E-state index contributed by atoms with van der Waals surface area (Å²) in [5.74, 6) is 0.176. The molecule has 112 valence electrons. The average molecular weight is 279 g/mol. The molecule has 0 saturated heterocycles. The molecule has 1 aromatic rings. The van der Waals surface area contributed by atoms with E-state index >= 15 is 0 Å². The Hall–Kier alpha value is -1.40. The summed E-state index contributed by atoms with van der Waals surface area (Å²) in [6, 6.07) is 0.0558. The summed E-state index contributed by atoms with van der Waals surface area (Å²) in [5, 5.41) is 3.31. The lowest BCUT2D eigenvalue weighted by Crippen LogP contribution is -2.53. The molecule has 0 aliphatic carbocycles. The van der Waals surface area contributed by atoms with Crippen LogP contribution < -0.4 is 5.32 Å². The third kappa shape index (κ3) is 3.19. The van der Waals surface area contributed by atoms with E-state index in [4.69, 9.17) is 0 Å². The van der Waals surface area contributed by atoms with Crippen molar-refractivity contribution in [3.05, 3.63) is 17.7 Å². The first-order chi connectivity index (χ1) is 9.52. The van der Waals surface area contributed by atoms with E-state index in [1.54, 1.807) is 6.33 Å². The molecule has 20 heavy (non-hydrogen) atoms. The lowest BCUT2D eigenvalue weighted by Gasteiger charge is -2.34. The molecular formula is C14H25N5O. The van der Waals surface area contributed by atoms with Crippen LogP contribution >= 0.6 is 0 Å². The zero-order valence-corrected chi connectivity index (χ0v) is 12.8. The molecule has 2 N–H and O–H groups in total. The summed E-state index contributed by atoms with van der Waals surface area (Å²) >= 11 is 0. The molecule has 0 bridgehead atoms. The number of nitrogens with one attached hydrogen (secondary N) is 2. The highest BCUT2D eigenvalue weighted by Crippen LogP contribution is 2.15. The van der Waals surface area contributed by atoms with Crippen LogP contribution in [0.2, 0.25) is 0 Å². The molecule has 1 aliphatic heterocycles. The number of fused-ring (bicyclic) bond motifs is 1. The van der Waals surface area contributed by atoms with Crippen LogP contribution in [0.15, 0.2) is 6.33 Å². The van der Waals surface area contributed by atoms with Gasteiger partial charge in [0.25, 0.3) is 0 Å². The van der Waals surface area contributed by atoms with Crippen LogP contribution in [0.1, 0.15) is 25.2 Å². The van der Waals surface area contributed by atoms with Gasteiger partial charge in [-0.15, -0.1) is 0 Å². The average Bonchev–Trinajstić information content (AvgIpc) is 2.85. The van der Waals surface area contributed by atoms with Gasteiger partial charge in [0.05, 0.1) is 23.8 Å². The second-order valence-electron chi connectivity index (χ2n) is 5.70. The minimum absolute atomic E-state index is 0.157. The maximum absolute atomic E-state index is 12.7. The Bertz CT molecular complexity index is 456. The zero-order chi connectivity index (χ0) is 14.7. The van der Waals surface area contributed by atoms with Crippen LogP contribution in [0, 0.1) is 0 Å². The molecule has 0 radical (unpaired) electrons. The predicted molar refractivity (Wildman–Crippen MR) is 78.3 cm³/mol. The van der Waals surface area contributed by atoms with Gasteiger partial charge in [0.2, 0.25) is 5.91 Å². The van der Waals surface area contributed by atoms with Crippen molar-refractivity contribution in [2.24, 2.45) is 0 Å². The monoisotopic (exact) mass is 279 g/mol. The number of rotatable bonds is 5. The van der Waals surface area contributed by atoms with Crippen molar-refractivity contribution in [1.82, 2.24) is 25.1 Å². The first kappa shape index (κ1) is 15.0. The second kappa shape index (κ2) is 6.37. The van der Waals surface area contributed by atoms with Gasteiger partial charge in [-0.2, -0.15) is 0 Å². The number of carbonyl (C=O) groups excluding carboxylic acids is 1. The Morgan fingerprint density at radius 2 is 2.30 bits per heavy atom. The maximum Gasteiger partial charge on any atom is 0.240 e. The van der Waals surface area contributed by atoms with Gasteiger partial charge < -0.3 is 14.8 Å². The fraction of sp³-hybridized carbons (Fsp3) is 0.714. The van der Waals surface area contributed by atoms with Crippen LogP contribution in [0.5, 0.6) is 0 Å². The van der Waals surface area contributed by atoms with E-state index in [1.165, 1.54) is 0 Å². The normalized spacial score (nSPS) is 19.8. The molecule has 2 rings (SSSR count). The Kier molecular flexibility index (Phi) is 4.77. The van der Waals surface area contributed by atoms with Crippen LogP contribution in [-0.4, -0.2) is 64.9 Å². The van der Waals surface area contributed by atoms with E-state index in [9.17, 15) is 4.79 Å². The number of amides is 1. The van der Waals surface area contributed by atoms with Crippen LogP contribution in [0.4, 0.5) is 0 Å². The van der Waals surface area contributed by atoms with Crippen molar-refractivity contribution in [3.63, 3.8) is 0 Å². The summed E-state index contributed by atoms with van der Waals surface area (Å²) in [6.07, 6.45) is 2.37. The van der Waals surface area contributed by atoms with Crippen LogP contribution in [-0.2, 0) is 17.8 Å². The highest BCUT2D eigenvalue weighted by Gasteiger charge is 2.30. The SMILES string of the molecule is CCN(C(=O)C1Cc2nc[nH]c2CN1)C(C)CN(C)C. The zero-order valence-electron chi connectivity index (χ0n) is 12.8. The van der Waals surface area contributed by atoms with Crippen molar-refractivity contribution < 1.29 is 4.79 Å². The standard InChI is InChI=1S/C14H25N5O/c1-5-19(10(2)8-18(3)4)14(20)12-6-11-13(7-15-12)17-9-16-11/h9-10,12,15H,5-8H2,1-4H3,(H,16,17). The molecule has 0 saturated carbocycles. The summed E-state index contributed by atoms with van der Waals surface area (Å²) in [4.78, 5) is 24.2. The summed E-state index contributed by atoms with van der Waals surface area (Å²) in [6.45, 7) is 6.43. The third-order valence-electron chi connectivity index (χ3n) is 3.81. The molecule has 2 unspecified atom stereocenters. The quantitative estimate of drug-likeness (QED) is 0.809. The predicted octanol–water partition coefficient (Wildman–Crippen LogP) is 0.223. The van der Waals surface area contributed by atoms with E-state index in [2.05, 4.69) is 27.1 Å². The van der Waals surface area contributed by atoms with E-state index < -0.39 is 0 Å². The number of H-pyrrole nitrogens is 1. The van der Waals surface area contributed by atoms with Crippen molar-refractivity contribution in [2.75, 3.05) is 27.2 Å². The van der Waals surface area contributed by atoms with Gasteiger partial charge >= 0.3 is 0 Å². The molecule has 2 heterocycles. The van der Waals surface area contributed by atoms with Gasteiger partial charge in [0.15, 0.2) is 0 Å². The fourth-order valence-corrected chi connectivity index (χ4v) is 2.86. The van der Waals surface area contributed by atoms with Crippen molar-refractivity contribution >= 4 is 5.91 Å². The third-order valence-corrected chi connectivity index (χ3v) is 3.81. The topological polar surface area (TPSA) is 64.3 Å². The van der Waals surface area contributed by atoms with Crippen molar-refractivity contribution in [2.45, 2.75) is 38.9 Å². The van der Waals surface area contributed by atoms with Gasteiger partial charge in [-0.3, -0.25) is 10.1 Å². The Labute approximate surface area is 120 Å². The highest BCUT2D eigenvalue weighted by molar-refractivity contribution is 5.82. The highest BCUT2D eigenvalue weighted by atomic mass is 16.2. The van der Waals surface area contributed by atoms with E-state index in [1.807, 2.05) is 25.9 Å². The largest absolute Gasteiger partial charge is 0.347 e. The first-order valence-electron chi connectivity index (χ1n) is 7.22. The van der Waals surface area contributed by atoms with Crippen LogP contribution in [0.3, 0.4) is 0 Å². The second-order valence-corrected chi connectivity index (χ2v) is 5.70. The molecule has 0 fully saturated rings. The molecule has 1 aliphatic rings. The molecule has 6 heteroatoms. The molecular weight excluding hydrogens is 254 g/mol. The lowest BCUT2D eigenvalue weighted by molar-refractivity contribution is -0.135. The van der Waals surface area contributed by atoms with E-state index in [0.29, 0.717) is 13.0 Å². The molecule has 0 aromatic carbocycles. The van der Waals surface area contributed by atoms with Gasteiger partial charge in [0, 0.05) is 32.1 Å². The number of carbonyl (C=O) groups is 1. The lowest BCUT2D eigenvalue weighted by atomic mass is 10.0. The number of aromatic nitrogens is 2. The van der Waals surface area contributed by atoms with Gasteiger partial charge in [-0.05, 0) is 27.9 Å². The number of aromatic amines is 1. The smallest absolute Gasteiger partial charge is 0.240 e. The summed E-state index contributed by atoms with van der Waals surface area (Å²) < 4.78 is 0. The first-order valence-corrected chi connectivity index (χ1v) is 7.22. The minimum atomic E-state index is -0.157. The maximum atomic E-state index is 12.7. The number of imidazole rings is 1. The molecule has 0 spiro atoms.